The van der Waals surface area contributed by atoms with Gasteiger partial charge in [0.2, 0.25) is 0 Å². The van der Waals surface area contributed by atoms with Crippen molar-refractivity contribution < 1.29 is 15.1 Å². The number of rotatable bonds is 4. The van der Waals surface area contributed by atoms with Gasteiger partial charge in [0.25, 0.3) is 0 Å². The fourth-order valence-corrected chi connectivity index (χ4v) is 1.10. The predicted octanol–water partition coefficient (Wildman–Crippen LogP) is -0.547. The normalized spacial score (nSPS) is 12.8. The number of aromatic nitrogens is 2. The van der Waals surface area contributed by atoms with E-state index in [-0.39, 0.29) is 12.4 Å². The molecule has 0 bridgehead atoms. The second-order valence-corrected chi connectivity index (χ2v) is 2.87. The number of aliphatic hydroxyl groups excluding tert-OH is 2. The van der Waals surface area contributed by atoms with E-state index in [0.29, 0.717) is 5.82 Å². The number of imidazole rings is 1. The molecule has 1 aromatic rings. The first-order valence-corrected chi connectivity index (χ1v) is 4.01. The Balaban J connectivity index is 2.93. The van der Waals surface area contributed by atoms with Crippen molar-refractivity contribution in [2.75, 3.05) is 6.61 Å². The molecule has 7 heteroatoms. The summed E-state index contributed by atoms with van der Waals surface area (Å²) in [7, 11) is 0. The molecule has 0 saturated carbocycles. The third kappa shape index (κ3) is 2.06. The molecule has 7 nitrogen and oxygen atoms in total. The highest BCUT2D eigenvalue weighted by molar-refractivity contribution is 5.18. The third-order valence-electron chi connectivity index (χ3n) is 1.83. The lowest BCUT2D eigenvalue weighted by molar-refractivity contribution is -0.392. The molecular weight excluding hydrogens is 190 g/mol. The molecular formula is C7H11N3O4. The summed E-state index contributed by atoms with van der Waals surface area (Å²) in [6.07, 6.45) is 0.112. The number of hydrogen-bond donors (Lipinski definition) is 2. The van der Waals surface area contributed by atoms with E-state index in [1.54, 1.807) is 6.92 Å². The Morgan fingerprint density at radius 3 is 2.93 bits per heavy atom. The Morgan fingerprint density at radius 2 is 2.43 bits per heavy atom. The summed E-state index contributed by atoms with van der Waals surface area (Å²) >= 11 is 0. The van der Waals surface area contributed by atoms with Crippen LogP contribution in [-0.4, -0.2) is 37.4 Å². The standard InChI is InChI=1S/C7H11N3O4/c1-5-8-2-7(10(13)14)9(5)3-6(12)4-11/h2,6,11-12H,3-4H2,1H3/t6-/m0/s1. The summed E-state index contributed by atoms with van der Waals surface area (Å²) in [5.74, 6) is 0.249. The van der Waals surface area contributed by atoms with E-state index in [9.17, 15) is 10.1 Å². The van der Waals surface area contributed by atoms with Gasteiger partial charge < -0.3 is 20.3 Å². The quantitative estimate of drug-likeness (QED) is 0.502. The van der Waals surface area contributed by atoms with E-state index in [1.165, 1.54) is 4.57 Å². The fraction of sp³-hybridized carbons (Fsp3) is 0.571. The summed E-state index contributed by atoms with van der Waals surface area (Å²) in [5, 5.41) is 28.2. The molecule has 0 aliphatic heterocycles. The van der Waals surface area contributed by atoms with Crippen LogP contribution in [0.4, 0.5) is 5.82 Å². The lowest BCUT2D eigenvalue weighted by Crippen LogP contribution is -2.21. The van der Waals surface area contributed by atoms with Crippen molar-refractivity contribution in [2.24, 2.45) is 0 Å². The van der Waals surface area contributed by atoms with Gasteiger partial charge in [-0.3, -0.25) is 0 Å². The molecule has 1 atom stereocenters. The lowest BCUT2D eigenvalue weighted by Gasteiger charge is -2.06. The third-order valence-corrected chi connectivity index (χ3v) is 1.83. The van der Waals surface area contributed by atoms with Gasteiger partial charge in [-0.25, -0.2) is 9.55 Å². The topological polar surface area (TPSA) is 101 Å². The maximum absolute atomic E-state index is 10.5. The highest BCUT2D eigenvalue weighted by atomic mass is 16.6. The van der Waals surface area contributed by atoms with Gasteiger partial charge in [0.1, 0.15) is 18.8 Å². The fourth-order valence-electron chi connectivity index (χ4n) is 1.10. The molecule has 0 radical (unpaired) electrons. The first-order valence-electron chi connectivity index (χ1n) is 4.01. The molecule has 2 N–H and O–H groups in total. The van der Waals surface area contributed by atoms with Crippen molar-refractivity contribution in [3.63, 3.8) is 0 Å². The van der Waals surface area contributed by atoms with E-state index < -0.39 is 17.6 Å². The monoisotopic (exact) mass is 201 g/mol. The summed E-state index contributed by atoms with van der Waals surface area (Å²) in [6.45, 7) is 1.13. The van der Waals surface area contributed by atoms with Gasteiger partial charge in [-0.05, 0) is 4.92 Å². The first-order chi connectivity index (χ1) is 6.56. The van der Waals surface area contributed by atoms with Gasteiger partial charge >= 0.3 is 5.82 Å². The number of nitro groups is 1. The van der Waals surface area contributed by atoms with Gasteiger partial charge in [-0.2, -0.15) is 0 Å². The van der Waals surface area contributed by atoms with Crippen LogP contribution in [0.15, 0.2) is 6.20 Å². The average Bonchev–Trinajstić information content (AvgIpc) is 2.48. The van der Waals surface area contributed by atoms with Gasteiger partial charge in [-0.15, -0.1) is 0 Å². The second-order valence-electron chi connectivity index (χ2n) is 2.87. The van der Waals surface area contributed by atoms with Crippen molar-refractivity contribution in [3.05, 3.63) is 22.1 Å². The molecule has 0 aliphatic carbocycles. The van der Waals surface area contributed by atoms with Crippen molar-refractivity contribution in [1.29, 1.82) is 0 Å². The van der Waals surface area contributed by atoms with Crippen LogP contribution in [0.1, 0.15) is 5.82 Å². The molecule has 14 heavy (non-hydrogen) atoms. The number of nitrogens with zero attached hydrogens (tertiary/aromatic N) is 3. The van der Waals surface area contributed by atoms with E-state index in [2.05, 4.69) is 4.98 Å². The summed E-state index contributed by atoms with van der Waals surface area (Å²) in [5.41, 5.74) is 0. The minimum Gasteiger partial charge on any atom is -0.394 e. The molecule has 0 amide bonds. The van der Waals surface area contributed by atoms with Crippen molar-refractivity contribution >= 4 is 5.82 Å². The Hall–Kier alpha value is -1.47. The Morgan fingerprint density at radius 1 is 1.79 bits per heavy atom. The van der Waals surface area contributed by atoms with Crippen molar-refractivity contribution in [2.45, 2.75) is 19.6 Å². The molecule has 0 spiro atoms. The van der Waals surface area contributed by atoms with Crippen LogP contribution in [0.3, 0.4) is 0 Å². The molecule has 0 saturated heterocycles. The summed E-state index contributed by atoms with van der Waals surface area (Å²) < 4.78 is 1.25. The Bertz CT molecular complexity index is 336. The minimum atomic E-state index is -1.01. The largest absolute Gasteiger partial charge is 0.394 e. The first kappa shape index (κ1) is 10.6. The zero-order chi connectivity index (χ0) is 10.7. The number of aliphatic hydroxyl groups is 2. The molecule has 0 fully saturated rings. The molecule has 78 valence electrons. The van der Waals surface area contributed by atoms with E-state index >= 15 is 0 Å². The summed E-state index contributed by atoms with van der Waals surface area (Å²) in [4.78, 5) is 13.7. The molecule has 0 aromatic carbocycles. The predicted molar refractivity (Wildman–Crippen MR) is 46.7 cm³/mol. The Kier molecular flexibility index (Phi) is 3.15. The highest BCUT2D eigenvalue weighted by Crippen LogP contribution is 2.13. The van der Waals surface area contributed by atoms with Crippen molar-refractivity contribution in [3.8, 4) is 0 Å². The zero-order valence-corrected chi connectivity index (χ0v) is 7.62. The van der Waals surface area contributed by atoms with Crippen LogP contribution in [0.25, 0.3) is 0 Å². The van der Waals surface area contributed by atoms with E-state index in [1.807, 2.05) is 0 Å². The molecule has 1 aromatic heterocycles. The van der Waals surface area contributed by atoms with Gasteiger partial charge in [0.05, 0.1) is 6.61 Å². The van der Waals surface area contributed by atoms with Crippen LogP contribution in [0, 0.1) is 17.0 Å². The number of aryl methyl sites for hydroxylation is 1. The maximum atomic E-state index is 10.5. The Labute approximate surface area is 79.8 Å². The van der Waals surface area contributed by atoms with Crippen LogP contribution in [0.5, 0.6) is 0 Å². The zero-order valence-electron chi connectivity index (χ0n) is 7.62. The molecule has 0 unspecified atom stereocenters. The lowest BCUT2D eigenvalue weighted by atomic mass is 10.3. The van der Waals surface area contributed by atoms with E-state index in [0.717, 1.165) is 6.20 Å². The molecule has 1 rings (SSSR count). The maximum Gasteiger partial charge on any atom is 0.342 e. The van der Waals surface area contributed by atoms with Gasteiger partial charge in [0, 0.05) is 6.92 Å². The minimum absolute atomic E-state index is 0.0291. The van der Waals surface area contributed by atoms with E-state index in [4.69, 9.17) is 10.2 Å². The SMILES string of the molecule is Cc1ncc([N+](=O)[O-])n1C[C@H](O)CO. The van der Waals surface area contributed by atoms with Gasteiger partial charge in [0.15, 0.2) is 5.82 Å². The summed E-state index contributed by atoms with van der Waals surface area (Å²) in [6, 6.07) is 0. The highest BCUT2D eigenvalue weighted by Gasteiger charge is 2.19. The van der Waals surface area contributed by atoms with Gasteiger partial charge in [-0.1, -0.05) is 0 Å². The van der Waals surface area contributed by atoms with Crippen LogP contribution in [-0.2, 0) is 6.54 Å². The number of hydrogen-bond acceptors (Lipinski definition) is 5. The second kappa shape index (κ2) is 4.16. The van der Waals surface area contributed by atoms with Crippen LogP contribution < -0.4 is 0 Å². The smallest absolute Gasteiger partial charge is 0.342 e. The molecule has 0 aliphatic rings. The average molecular weight is 201 g/mol. The molecule has 1 heterocycles. The van der Waals surface area contributed by atoms with Crippen LogP contribution in [0.2, 0.25) is 0 Å². The van der Waals surface area contributed by atoms with Crippen molar-refractivity contribution in [1.82, 2.24) is 9.55 Å². The van der Waals surface area contributed by atoms with Crippen LogP contribution >= 0.6 is 0 Å².